The average Bonchev–Trinajstić information content (AvgIpc) is 3.08. The van der Waals surface area contributed by atoms with Crippen molar-refractivity contribution in [2.24, 2.45) is 5.10 Å². The van der Waals surface area contributed by atoms with Crippen LogP contribution in [0.5, 0.6) is 0 Å². The molecule has 0 aliphatic carbocycles. The Morgan fingerprint density at radius 1 is 1.08 bits per heavy atom. The largest absolute Gasteiger partial charge is 0.455 e. The van der Waals surface area contributed by atoms with Crippen molar-refractivity contribution >= 4 is 46.9 Å². The van der Waals surface area contributed by atoms with Crippen LogP contribution in [0.25, 0.3) is 11.3 Å². The quantitative estimate of drug-likeness (QED) is 0.427. The molecule has 1 aromatic heterocycles. The van der Waals surface area contributed by atoms with Gasteiger partial charge in [0.1, 0.15) is 11.5 Å². The van der Waals surface area contributed by atoms with Crippen LogP contribution in [0.15, 0.2) is 58.0 Å². The van der Waals surface area contributed by atoms with Gasteiger partial charge >= 0.3 is 0 Å². The average molecular weight is 408 g/mol. The van der Waals surface area contributed by atoms with Crippen LogP contribution in [0.2, 0.25) is 15.1 Å². The summed E-state index contributed by atoms with van der Waals surface area (Å²) in [7, 11) is 0. The predicted octanol–water partition coefficient (Wildman–Crippen LogP) is 5.98. The number of hydrazone groups is 1. The van der Waals surface area contributed by atoms with Gasteiger partial charge in [-0.15, -0.1) is 0 Å². The summed E-state index contributed by atoms with van der Waals surface area (Å²) in [5.74, 6) is 0.640. The molecule has 0 spiro atoms. The second-order valence-electron chi connectivity index (χ2n) is 5.47. The summed E-state index contributed by atoms with van der Waals surface area (Å²) < 4.78 is 5.66. The van der Waals surface area contributed by atoms with Crippen molar-refractivity contribution in [3.05, 3.63) is 80.5 Å². The maximum absolute atomic E-state index is 12.1. The number of nitrogens with one attached hydrogen (secondary N) is 1. The van der Waals surface area contributed by atoms with E-state index >= 15 is 0 Å². The highest BCUT2D eigenvalue weighted by Gasteiger charge is 2.10. The summed E-state index contributed by atoms with van der Waals surface area (Å²) in [6.45, 7) is 1.86. The van der Waals surface area contributed by atoms with Gasteiger partial charge < -0.3 is 4.42 Å². The van der Waals surface area contributed by atoms with Gasteiger partial charge in [-0.1, -0.05) is 46.9 Å². The van der Waals surface area contributed by atoms with E-state index in [0.717, 1.165) is 5.56 Å². The van der Waals surface area contributed by atoms with E-state index in [1.54, 1.807) is 48.5 Å². The summed E-state index contributed by atoms with van der Waals surface area (Å²) >= 11 is 18.2. The van der Waals surface area contributed by atoms with Crippen LogP contribution in [0.4, 0.5) is 0 Å². The minimum atomic E-state index is -0.368. The molecule has 1 heterocycles. The molecular formula is C19H13Cl3N2O2. The molecule has 0 radical (unpaired) electrons. The van der Waals surface area contributed by atoms with E-state index in [1.165, 1.54) is 6.21 Å². The van der Waals surface area contributed by atoms with Gasteiger partial charge in [-0.25, -0.2) is 5.43 Å². The molecular weight excluding hydrogens is 395 g/mol. The minimum absolute atomic E-state index is 0.368. The molecule has 0 aliphatic rings. The molecule has 0 atom stereocenters. The van der Waals surface area contributed by atoms with Crippen molar-refractivity contribution in [1.29, 1.82) is 0 Å². The molecule has 1 N–H and O–H groups in total. The number of aryl methyl sites for hydroxylation is 1. The fourth-order valence-electron chi connectivity index (χ4n) is 2.21. The topological polar surface area (TPSA) is 54.6 Å². The maximum Gasteiger partial charge on any atom is 0.271 e. The van der Waals surface area contributed by atoms with Crippen molar-refractivity contribution < 1.29 is 9.21 Å². The van der Waals surface area contributed by atoms with Crippen molar-refractivity contribution in [1.82, 2.24) is 5.43 Å². The van der Waals surface area contributed by atoms with Crippen molar-refractivity contribution in [3.8, 4) is 11.3 Å². The molecule has 4 nitrogen and oxygen atoms in total. The van der Waals surface area contributed by atoms with Gasteiger partial charge in [0, 0.05) is 16.1 Å². The monoisotopic (exact) mass is 406 g/mol. The summed E-state index contributed by atoms with van der Waals surface area (Å²) in [5.41, 5.74) is 4.42. The van der Waals surface area contributed by atoms with E-state index in [-0.39, 0.29) is 5.91 Å². The molecule has 132 valence electrons. The van der Waals surface area contributed by atoms with Crippen LogP contribution >= 0.6 is 34.8 Å². The molecule has 1 amide bonds. The maximum atomic E-state index is 12.1. The zero-order valence-electron chi connectivity index (χ0n) is 13.6. The lowest BCUT2D eigenvalue weighted by molar-refractivity contribution is 0.0955. The van der Waals surface area contributed by atoms with Crippen molar-refractivity contribution in [2.75, 3.05) is 0 Å². The highest BCUT2D eigenvalue weighted by molar-refractivity contribution is 6.43. The Morgan fingerprint density at radius 3 is 2.65 bits per heavy atom. The van der Waals surface area contributed by atoms with Crippen LogP contribution in [0.1, 0.15) is 21.7 Å². The number of carbonyl (C=O) groups is 1. The first-order valence-electron chi connectivity index (χ1n) is 7.59. The lowest BCUT2D eigenvalue weighted by Gasteiger charge is -2.02. The minimum Gasteiger partial charge on any atom is -0.455 e. The first-order chi connectivity index (χ1) is 12.5. The first kappa shape index (κ1) is 18.5. The number of hydrogen-bond acceptors (Lipinski definition) is 3. The van der Waals surface area contributed by atoms with E-state index in [9.17, 15) is 4.79 Å². The summed E-state index contributed by atoms with van der Waals surface area (Å²) in [6.07, 6.45) is 1.40. The van der Waals surface area contributed by atoms with Gasteiger partial charge in [-0.3, -0.25) is 4.79 Å². The standard InChI is InChI=1S/C19H13Cl3N2O2/c1-11-5-6-12(9-16(11)21)19(25)24-23-10-13-7-8-17(26-13)14-3-2-4-15(20)18(14)22/h2-10H,1H3,(H,24,25)/b23-10-. The Labute approximate surface area is 165 Å². The molecule has 0 saturated heterocycles. The van der Waals surface area contributed by atoms with E-state index in [0.29, 0.717) is 37.7 Å². The number of furan rings is 1. The van der Waals surface area contributed by atoms with Crippen LogP contribution in [0.3, 0.4) is 0 Å². The Morgan fingerprint density at radius 2 is 1.88 bits per heavy atom. The molecule has 3 rings (SSSR count). The molecule has 0 bridgehead atoms. The SMILES string of the molecule is Cc1ccc(C(=O)N/N=C\c2ccc(-c3cccc(Cl)c3Cl)o2)cc1Cl. The van der Waals surface area contributed by atoms with E-state index in [2.05, 4.69) is 10.5 Å². The molecule has 0 aliphatic heterocycles. The molecule has 3 aromatic rings. The van der Waals surface area contributed by atoms with Gasteiger partial charge in [0.15, 0.2) is 0 Å². The van der Waals surface area contributed by atoms with Crippen LogP contribution in [-0.4, -0.2) is 12.1 Å². The first-order valence-corrected chi connectivity index (χ1v) is 8.73. The lowest BCUT2D eigenvalue weighted by Crippen LogP contribution is -2.17. The Bertz CT molecular complexity index is 996. The molecule has 0 unspecified atom stereocenters. The van der Waals surface area contributed by atoms with Crippen LogP contribution in [0, 0.1) is 6.92 Å². The highest BCUT2D eigenvalue weighted by atomic mass is 35.5. The van der Waals surface area contributed by atoms with Gasteiger partial charge in [-0.2, -0.15) is 5.10 Å². The third-order valence-corrected chi connectivity index (χ3v) is 4.86. The molecule has 0 saturated carbocycles. The predicted molar refractivity (Wildman–Crippen MR) is 105 cm³/mol. The third kappa shape index (κ3) is 4.10. The normalized spacial score (nSPS) is 11.1. The van der Waals surface area contributed by atoms with Gasteiger partial charge in [-0.05, 0) is 48.9 Å². The van der Waals surface area contributed by atoms with Crippen molar-refractivity contribution in [2.45, 2.75) is 6.92 Å². The molecule has 7 heteroatoms. The third-order valence-electron chi connectivity index (χ3n) is 3.64. The van der Waals surface area contributed by atoms with Gasteiger partial charge in [0.2, 0.25) is 0 Å². The number of halogens is 3. The second kappa shape index (κ2) is 7.96. The van der Waals surface area contributed by atoms with Gasteiger partial charge in [0.05, 0.1) is 16.3 Å². The molecule has 0 fully saturated rings. The Balaban J connectivity index is 1.70. The van der Waals surface area contributed by atoms with Crippen LogP contribution in [-0.2, 0) is 0 Å². The van der Waals surface area contributed by atoms with E-state index < -0.39 is 0 Å². The van der Waals surface area contributed by atoms with Crippen molar-refractivity contribution in [3.63, 3.8) is 0 Å². The molecule has 2 aromatic carbocycles. The smallest absolute Gasteiger partial charge is 0.271 e. The number of amides is 1. The fraction of sp³-hybridized carbons (Fsp3) is 0.0526. The highest BCUT2D eigenvalue weighted by Crippen LogP contribution is 2.34. The zero-order valence-corrected chi connectivity index (χ0v) is 15.9. The molecule has 26 heavy (non-hydrogen) atoms. The summed E-state index contributed by atoms with van der Waals surface area (Å²) in [6, 6.07) is 13.8. The van der Waals surface area contributed by atoms with E-state index in [4.69, 9.17) is 39.2 Å². The number of rotatable bonds is 4. The number of carbonyl (C=O) groups excluding carboxylic acids is 1. The summed E-state index contributed by atoms with van der Waals surface area (Å²) in [5, 5.41) is 5.28. The van der Waals surface area contributed by atoms with Gasteiger partial charge in [0.25, 0.3) is 5.91 Å². The second-order valence-corrected chi connectivity index (χ2v) is 6.66. The number of benzene rings is 2. The number of hydrogen-bond donors (Lipinski definition) is 1. The Kier molecular flexibility index (Phi) is 5.67. The lowest BCUT2D eigenvalue weighted by atomic mass is 10.1. The summed E-state index contributed by atoms with van der Waals surface area (Å²) in [4.78, 5) is 12.1. The van der Waals surface area contributed by atoms with Crippen LogP contribution < -0.4 is 5.43 Å². The fourth-order valence-corrected chi connectivity index (χ4v) is 2.79. The Hall–Kier alpha value is -2.27. The number of nitrogens with zero attached hydrogens (tertiary/aromatic N) is 1. The van der Waals surface area contributed by atoms with E-state index in [1.807, 2.05) is 6.92 Å². The zero-order chi connectivity index (χ0) is 18.7.